The molecular weight excluding hydrogens is 177 g/mol. The zero-order chi connectivity index (χ0) is 10.4. The van der Waals surface area contributed by atoms with Crippen molar-refractivity contribution in [2.45, 2.75) is 19.7 Å². The van der Waals surface area contributed by atoms with E-state index < -0.39 is 0 Å². The fourth-order valence-electron chi connectivity index (χ4n) is 0.914. The van der Waals surface area contributed by atoms with E-state index in [9.17, 15) is 0 Å². The summed E-state index contributed by atoms with van der Waals surface area (Å²) in [6.07, 6.45) is 1.37. The van der Waals surface area contributed by atoms with Crippen LogP contribution in [-0.2, 0) is 0 Å². The highest BCUT2D eigenvalue weighted by Crippen LogP contribution is 2.12. The summed E-state index contributed by atoms with van der Waals surface area (Å²) in [5.74, 6) is 1.18. The Bertz CT molecular complexity index is 295. The molecule has 4 heteroatoms. The summed E-state index contributed by atoms with van der Waals surface area (Å²) in [5.41, 5.74) is 0.837. The van der Waals surface area contributed by atoms with Gasteiger partial charge in [0.1, 0.15) is 0 Å². The Balaban J connectivity index is 2.55. The van der Waals surface area contributed by atoms with Gasteiger partial charge in [-0.25, -0.2) is 0 Å². The molecule has 0 bridgehead atoms. The summed E-state index contributed by atoms with van der Waals surface area (Å²) >= 11 is 0. The van der Waals surface area contributed by atoms with Gasteiger partial charge in [-0.15, -0.1) is 0 Å². The molecule has 73 valence electrons. The second kappa shape index (κ2) is 5.32. The molecule has 0 aliphatic carbocycles. The van der Waals surface area contributed by atoms with Gasteiger partial charge >= 0.3 is 7.48 Å². The van der Waals surface area contributed by atoms with Gasteiger partial charge in [0.15, 0.2) is 0 Å². The first-order chi connectivity index (χ1) is 6.72. The van der Waals surface area contributed by atoms with Crippen LogP contribution in [0.2, 0.25) is 5.82 Å². The van der Waals surface area contributed by atoms with Crippen LogP contribution in [0.3, 0.4) is 0 Å². The highest BCUT2D eigenvalue weighted by atomic mass is 16.4. The predicted molar refractivity (Wildman–Crippen MR) is 57.3 cm³/mol. The average molecular weight is 190 g/mol. The Morgan fingerprint density at radius 1 is 1.36 bits per heavy atom. The van der Waals surface area contributed by atoms with Gasteiger partial charge in [-0.1, -0.05) is 19.0 Å². The normalized spacial score (nSPS) is 10.8. The van der Waals surface area contributed by atoms with E-state index in [1.807, 2.05) is 38.1 Å². The van der Waals surface area contributed by atoms with E-state index >= 15 is 0 Å². The molecule has 0 spiro atoms. The maximum atomic E-state index is 8.30. The van der Waals surface area contributed by atoms with Crippen molar-refractivity contribution in [3.8, 4) is 5.75 Å². The molecule has 14 heavy (non-hydrogen) atoms. The first kappa shape index (κ1) is 10.6. The molecule has 0 atom stereocenters. The van der Waals surface area contributed by atoms with Gasteiger partial charge < -0.3 is 9.86 Å². The third-order valence-electron chi connectivity index (χ3n) is 1.56. The summed E-state index contributed by atoms with van der Waals surface area (Å²) < 4.78 is 5.37. The number of hydrogen-bond donors (Lipinski definition) is 1. The van der Waals surface area contributed by atoms with Crippen molar-refractivity contribution >= 4 is 13.7 Å². The fourth-order valence-corrected chi connectivity index (χ4v) is 0.914. The minimum absolute atomic E-state index is 0.397. The van der Waals surface area contributed by atoms with Crippen LogP contribution in [0.5, 0.6) is 5.75 Å². The average Bonchev–Trinajstić information content (AvgIpc) is 2.17. The van der Waals surface area contributed by atoms with Crippen LogP contribution in [-0.4, -0.2) is 18.9 Å². The fraction of sp³-hybridized carbons (Fsp3) is 0.300. The lowest BCUT2D eigenvalue weighted by molar-refractivity contribution is 0.322. The van der Waals surface area contributed by atoms with Gasteiger partial charge in [-0.05, 0) is 35.6 Å². The van der Waals surface area contributed by atoms with E-state index in [4.69, 9.17) is 9.86 Å². The van der Waals surface area contributed by atoms with Crippen molar-refractivity contribution in [1.82, 2.24) is 0 Å². The maximum absolute atomic E-state index is 8.30. The molecule has 0 saturated heterocycles. The first-order valence-electron chi connectivity index (χ1n) is 4.50. The monoisotopic (exact) mass is 190 g/mol. The highest BCUT2D eigenvalue weighted by Gasteiger charge is 2.00. The van der Waals surface area contributed by atoms with E-state index in [0.717, 1.165) is 11.3 Å². The zero-order valence-electron chi connectivity index (χ0n) is 8.34. The SMILES string of the molecule is CC(C)[B]Oc1ccc(/C=N/O)cc1. The van der Waals surface area contributed by atoms with Gasteiger partial charge in [-0.2, -0.15) is 0 Å². The minimum atomic E-state index is 0.397. The third-order valence-corrected chi connectivity index (χ3v) is 1.56. The minimum Gasteiger partial charge on any atom is -0.563 e. The molecule has 1 aromatic carbocycles. The van der Waals surface area contributed by atoms with E-state index in [0.29, 0.717) is 5.82 Å². The van der Waals surface area contributed by atoms with Crippen LogP contribution in [0.25, 0.3) is 0 Å². The van der Waals surface area contributed by atoms with Crippen molar-refractivity contribution in [3.05, 3.63) is 29.8 Å². The summed E-state index contributed by atoms with van der Waals surface area (Å²) in [7, 11) is 1.77. The van der Waals surface area contributed by atoms with E-state index in [1.54, 1.807) is 7.48 Å². The van der Waals surface area contributed by atoms with Crippen LogP contribution in [0, 0.1) is 0 Å². The predicted octanol–water partition coefficient (Wildman–Crippen LogP) is 2.32. The lowest BCUT2D eigenvalue weighted by Gasteiger charge is -2.06. The van der Waals surface area contributed by atoms with Crippen molar-refractivity contribution < 1.29 is 9.86 Å². The Labute approximate surface area is 84.7 Å². The van der Waals surface area contributed by atoms with Crippen LogP contribution >= 0.6 is 0 Å². The number of benzene rings is 1. The number of rotatable bonds is 4. The molecule has 1 aromatic rings. The summed E-state index contributed by atoms with van der Waals surface area (Å²) in [6.45, 7) is 4.10. The lowest BCUT2D eigenvalue weighted by Crippen LogP contribution is -2.05. The molecule has 0 fully saturated rings. The van der Waals surface area contributed by atoms with Gasteiger partial charge in [-0.3, -0.25) is 0 Å². The molecule has 0 aromatic heterocycles. The van der Waals surface area contributed by atoms with Gasteiger partial charge in [0.2, 0.25) is 0 Å². The molecule has 1 rings (SSSR count). The lowest BCUT2D eigenvalue weighted by atomic mass is 9.83. The largest absolute Gasteiger partial charge is 0.563 e. The van der Waals surface area contributed by atoms with E-state index in [-0.39, 0.29) is 0 Å². The molecule has 0 heterocycles. The molecule has 0 aliphatic rings. The van der Waals surface area contributed by atoms with E-state index in [2.05, 4.69) is 5.16 Å². The zero-order valence-corrected chi connectivity index (χ0v) is 8.34. The van der Waals surface area contributed by atoms with Crippen molar-refractivity contribution in [1.29, 1.82) is 0 Å². The quantitative estimate of drug-likeness (QED) is 0.342. The Hall–Kier alpha value is -1.45. The van der Waals surface area contributed by atoms with Gasteiger partial charge in [0, 0.05) is 0 Å². The van der Waals surface area contributed by atoms with Crippen LogP contribution in [0.4, 0.5) is 0 Å². The smallest absolute Gasteiger partial charge is 0.372 e. The molecule has 0 amide bonds. The second-order valence-electron chi connectivity index (χ2n) is 3.31. The summed E-state index contributed by atoms with van der Waals surface area (Å²) in [4.78, 5) is 0. The Kier molecular flexibility index (Phi) is 4.04. The van der Waals surface area contributed by atoms with Crippen LogP contribution in [0.1, 0.15) is 19.4 Å². The first-order valence-corrected chi connectivity index (χ1v) is 4.50. The number of hydrogen-bond acceptors (Lipinski definition) is 3. The van der Waals surface area contributed by atoms with E-state index in [1.165, 1.54) is 6.21 Å². The summed E-state index contributed by atoms with van der Waals surface area (Å²) in [6, 6.07) is 7.30. The molecule has 0 aliphatic heterocycles. The standard InChI is InChI=1S/C10H13BNO2/c1-8(2)11-14-10-5-3-9(4-6-10)7-12-13/h3-8,13H,1-2H3/b12-7+. The van der Waals surface area contributed by atoms with Crippen molar-refractivity contribution in [3.63, 3.8) is 0 Å². The topological polar surface area (TPSA) is 41.8 Å². The molecule has 1 N–H and O–H groups in total. The van der Waals surface area contributed by atoms with Gasteiger partial charge in [0.05, 0.1) is 12.0 Å². The maximum Gasteiger partial charge on any atom is 0.372 e. The summed E-state index contributed by atoms with van der Waals surface area (Å²) in [5, 5.41) is 11.2. The van der Waals surface area contributed by atoms with Crippen LogP contribution < -0.4 is 4.65 Å². The van der Waals surface area contributed by atoms with Crippen LogP contribution in [0.15, 0.2) is 29.4 Å². The highest BCUT2D eigenvalue weighted by molar-refractivity contribution is 6.30. The Morgan fingerprint density at radius 3 is 2.50 bits per heavy atom. The molecule has 0 unspecified atom stereocenters. The van der Waals surface area contributed by atoms with Crippen molar-refractivity contribution in [2.75, 3.05) is 0 Å². The molecule has 3 nitrogen and oxygen atoms in total. The second-order valence-corrected chi connectivity index (χ2v) is 3.31. The molecule has 1 radical (unpaired) electrons. The molecular formula is C10H13BNO2. The van der Waals surface area contributed by atoms with Gasteiger partial charge in [0.25, 0.3) is 0 Å². The van der Waals surface area contributed by atoms with Crippen molar-refractivity contribution in [2.24, 2.45) is 5.16 Å². The number of nitrogens with zero attached hydrogens (tertiary/aromatic N) is 1. The number of oxime groups is 1. The molecule has 0 saturated carbocycles. The Morgan fingerprint density at radius 2 is 2.00 bits per heavy atom. The third kappa shape index (κ3) is 3.52.